The smallest absolute Gasteiger partial charge is 0.254 e. The largest absolute Gasteiger partial charge is 0.394 e. The van der Waals surface area contributed by atoms with Gasteiger partial charge in [-0.2, -0.15) is 0 Å². The lowest BCUT2D eigenvalue weighted by atomic mass is 10.0. The molecule has 2 aromatic carbocycles. The second kappa shape index (κ2) is 10.2. The molecule has 1 aromatic heterocycles. The Bertz CT molecular complexity index is 1150. The van der Waals surface area contributed by atoms with E-state index in [-0.39, 0.29) is 30.2 Å². The van der Waals surface area contributed by atoms with Gasteiger partial charge in [0.2, 0.25) is 0 Å². The second-order valence-electron chi connectivity index (χ2n) is 8.60. The van der Waals surface area contributed by atoms with Crippen LogP contribution in [0.25, 0.3) is 11.1 Å². The molecule has 0 spiro atoms. The Balaban J connectivity index is 1.56. The number of nitrogens with zero attached hydrogens (tertiary/aromatic N) is 2. The zero-order valence-electron chi connectivity index (χ0n) is 19.2. The van der Waals surface area contributed by atoms with E-state index in [4.69, 9.17) is 10.5 Å². The van der Waals surface area contributed by atoms with Crippen LogP contribution in [0.1, 0.15) is 35.8 Å². The Kier molecular flexibility index (Phi) is 7.09. The van der Waals surface area contributed by atoms with Crippen molar-refractivity contribution >= 4 is 17.4 Å². The van der Waals surface area contributed by atoms with Crippen molar-refractivity contribution in [3.05, 3.63) is 77.7 Å². The summed E-state index contributed by atoms with van der Waals surface area (Å²) >= 11 is 0. The molecule has 0 aliphatic carbocycles. The summed E-state index contributed by atoms with van der Waals surface area (Å²) in [4.78, 5) is 19.2. The Morgan fingerprint density at radius 2 is 1.91 bits per heavy atom. The summed E-state index contributed by atoms with van der Waals surface area (Å²) < 4.78 is 20.8. The topological polar surface area (TPSA) is 101 Å². The molecule has 34 heavy (non-hydrogen) atoms. The van der Waals surface area contributed by atoms with Gasteiger partial charge < -0.3 is 25.8 Å². The number of ether oxygens (including phenoxy) is 1. The number of morpholine rings is 1. The van der Waals surface area contributed by atoms with E-state index in [1.807, 2.05) is 38.1 Å². The lowest BCUT2D eigenvalue weighted by molar-refractivity contribution is -0.00523. The summed E-state index contributed by atoms with van der Waals surface area (Å²) in [6.45, 7) is 5.18. The van der Waals surface area contributed by atoms with Gasteiger partial charge in [-0.05, 0) is 43.2 Å². The number of aliphatic hydroxyl groups is 1. The fourth-order valence-corrected chi connectivity index (χ4v) is 4.28. The molecule has 0 bridgehead atoms. The number of benzene rings is 2. The first-order valence-corrected chi connectivity index (χ1v) is 11.3. The van der Waals surface area contributed by atoms with Gasteiger partial charge in [-0.3, -0.25) is 4.79 Å². The van der Waals surface area contributed by atoms with Crippen molar-refractivity contribution in [1.29, 1.82) is 0 Å². The summed E-state index contributed by atoms with van der Waals surface area (Å²) in [5, 5.41) is 12.4. The van der Waals surface area contributed by atoms with Crippen molar-refractivity contribution in [3.63, 3.8) is 0 Å². The summed E-state index contributed by atoms with van der Waals surface area (Å²) in [5.41, 5.74) is 8.73. The number of carbonyl (C=O) groups is 1. The first-order valence-electron chi connectivity index (χ1n) is 11.3. The molecule has 0 saturated carbocycles. The molecule has 1 aliphatic rings. The maximum atomic E-state index is 15.0. The molecular weight excluding hydrogens is 435 g/mol. The van der Waals surface area contributed by atoms with E-state index >= 15 is 4.39 Å². The number of amides is 1. The zero-order valence-corrected chi connectivity index (χ0v) is 19.2. The lowest BCUT2D eigenvalue weighted by Gasteiger charge is -2.36. The molecule has 178 valence electrons. The molecule has 2 heterocycles. The van der Waals surface area contributed by atoms with E-state index in [9.17, 15) is 9.90 Å². The number of hydrogen-bond acceptors (Lipinski definition) is 6. The average molecular weight is 465 g/mol. The molecule has 1 saturated heterocycles. The van der Waals surface area contributed by atoms with E-state index in [1.54, 1.807) is 24.4 Å². The van der Waals surface area contributed by atoms with Gasteiger partial charge in [0.05, 0.1) is 42.3 Å². The van der Waals surface area contributed by atoms with Gasteiger partial charge in [0.1, 0.15) is 11.6 Å². The molecular formula is C26H29FN4O3. The van der Waals surface area contributed by atoms with Crippen LogP contribution in [-0.2, 0) is 4.74 Å². The van der Waals surface area contributed by atoms with Crippen molar-refractivity contribution in [2.75, 3.05) is 30.3 Å². The van der Waals surface area contributed by atoms with E-state index in [0.717, 1.165) is 24.3 Å². The molecule has 4 N–H and O–H groups in total. The maximum Gasteiger partial charge on any atom is 0.254 e. The van der Waals surface area contributed by atoms with Crippen molar-refractivity contribution < 1.29 is 19.0 Å². The van der Waals surface area contributed by atoms with Crippen LogP contribution in [0.2, 0.25) is 0 Å². The number of nitrogens with two attached hydrogens (primary N) is 1. The van der Waals surface area contributed by atoms with Crippen LogP contribution in [0.5, 0.6) is 0 Å². The first kappa shape index (κ1) is 23.7. The number of carbonyl (C=O) groups excluding carboxylic acids is 1. The van der Waals surface area contributed by atoms with Crippen LogP contribution in [0.15, 0.2) is 60.8 Å². The van der Waals surface area contributed by atoms with Gasteiger partial charge in [0.15, 0.2) is 0 Å². The highest BCUT2D eigenvalue weighted by Gasteiger charge is 2.24. The van der Waals surface area contributed by atoms with Gasteiger partial charge in [0.25, 0.3) is 5.91 Å². The number of anilines is 2. The van der Waals surface area contributed by atoms with Crippen LogP contribution in [-0.4, -0.2) is 47.9 Å². The quantitative estimate of drug-likeness (QED) is 0.516. The van der Waals surface area contributed by atoms with Crippen LogP contribution in [0.4, 0.5) is 15.9 Å². The third-order valence-corrected chi connectivity index (χ3v) is 5.90. The number of hydrogen-bond donors (Lipinski definition) is 3. The van der Waals surface area contributed by atoms with Gasteiger partial charge in [-0.1, -0.05) is 36.4 Å². The molecule has 3 unspecified atom stereocenters. The fraction of sp³-hybridized carbons (Fsp3) is 0.308. The van der Waals surface area contributed by atoms with E-state index in [1.165, 1.54) is 12.1 Å². The van der Waals surface area contributed by atoms with E-state index < -0.39 is 17.8 Å². The van der Waals surface area contributed by atoms with Gasteiger partial charge >= 0.3 is 0 Å². The molecule has 3 atom stereocenters. The Hall–Kier alpha value is -3.49. The summed E-state index contributed by atoms with van der Waals surface area (Å²) in [7, 11) is 0. The first-order chi connectivity index (χ1) is 16.4. The summed E-state index contributed by atoms with van der Waals surface area (Å²) in [6.07, 6.45) is 1.87. The normalized spacial score (nSPS) is 19.0. The number of pyridine rings is 1. The minimum absolute atomic E-state index is 0.0821. The number of aromatic nitrogens is 1. The third kappa shape index (κ3) is 5.18. The molecule has 0 radical (unpaired) electrons. The van der Waals surface area contributed by atoms with Crippen molar-refractivity contribution in [3.8, 4) is 11.1 Å². The second-order valence-corrected chi connectivity index (χ2v) is 8.60. The lowest BCUT2D eigenvalue weighted by Crippen LogP contribution is -2.45. The Morgan fingerprint density at radius 1 is 1.21 bits per heavy atom. The highest BCUT2D eigenvalue weighted by atomic mass is 19.1. The molecule has 7 nitrogen and oxygen atoms in total. The highest BCUT2D eigenvalue weighted by Crippen LogP contribution is 2.31. The standard InChI is InChI=1S/C26H29FN4O3/c1-16-13-31(14-17(2)34-16)20-11-22(25(28)29-12-20)19-8-9-21(23(27)10-19)26(33)30-24(15-32)18-6-4-3-5-7-18/h3-12,16-17,24,32H,13-15H2,1-2H3,(H2,28,29)(H,30,33). The minimum Gasteiger partial charge on any atom is -0.394 e. The monoisotopic (exact) mass is 464 g/mol. The Morgan fingerprint density at radius 3 is 2.56 bits per heavy atom. The SMILES string of the molecule is CC1CN(c2cnc(N)c(-c3ccc(C(=O)NC(CO)c4ccccc4)c(F)c3)c2)CC(C)O1. The van der Waals surface area contributed by atoms with E-state index in [2.05, 4.69) is 15.2 Å². The minimum atomic E-state index is -0.682. The molecule has 8 heteroatoms. The number of nitrogen functional groups attached to an aromatic ring is 1. The van der Waals surface area contributed by atoms with Crippen LogP contribution >= 0.6 is 0 Å². The number of aliphatic hydroxyl groups excluding tert-OH is 1. The molecule has 1 fully saturated rings. The molecule has 3 aromatic rings. The predicted octanol–water partition coefficient (Wildman–Crippen LogP) is 3.55. The van der Waals surface area contributed by atoms with Gasteiger partial charge in [-0.15, -0.1) is 0 Å². The van der Waals surface area contributed by atoms with Crippen LogP contribution in [0, 0.1) is 5.82 Å². The number of nitrogens with one attached hydrogen (secondary N) is 1. The van der Waals surface area contributed by atoms with Crippen molar-refractivity contribution in [2.45, 2.75) is 32.1 Å². The average Bonchev–Trinajstić information content (AvgIpc) is 2.82. The summed E-state index contributed by atoms with van der Waals surface area (Å²) in [6, 6.07) is 14.6. The number of halogens is 1. The maximum absolute atomic E-state index is 15.0. The van der Waals surface area contributed by atoms with Gasteiger partial charge in [0, 0.05) is 18.7 Å². The highest BCUT2D eigenvalue weighted by molar-refractivity contribution is 5.95. The third-order valence-electron chi connectivity index (χ3n) is 5.90. The summed E-state index contributed by atoms with van der Waals surface area (Å²) in [5.74, 6) is -1.01. The zero-order chi connectivity index (χ0) is 24.2. The predicted molar refractivity (Wildman–Crippen MR) is 130 cm³/mol. The van der Waals surface area contributed by atoms with Crippen molar-refractivity contribution in [2.24, 2.45) is 0 Å². The Labute approximate surface area is 198 Å². The van der Waals surface area contributed by atoms with Crippen LogP contribution in [0.3, 0.4) is 0 Å². The fourth-order valence-electron chi connectivity index (χ4n) is 4.28. The number of rotatable bonds is 6. The van der Waals surface area contributed by atoms with E-state index in [0.29, 0.717) is 11.1 Å². The molecule has 4 rings (SSSR count). The molecule has 1 aliphatic heterocycles. The van der Waals surface area contributed by atoms with Gasteiger partial charge in [-0.25, -0.2) is 9.37 Å². The van der Waals surface area contributed by atoms with Crippen molar-refractivity contribution in [1.82, 2.24) is 10.3 Å². The van der Waals surface area contributed by atoms with Crippen LogP contribution < -0.4 is 16.0 Å². The molecule has 1 amide bonds.